The molecule has 46 heavy (non-hydrogen) atoms. The van der Waals surface area contributed by atoms with Crippen molar-refractivity contribution in [3.05, 3.63) is 64.7 Å². The number of nitrogens with one attached hydrogen (secondary N) is 1. The van der Waals surface area contributed by atoms with E-state index in [1.807, 2.05) is 6.07 Å². The third-order valence-corrected chi connectivity index (χ3v) is 12.1. The van der Waals surface area contributed by atoms with Crippen LogP contribution >= 0.6 is 11.6 Å². The lowest BCUT2D eigenvalue weighted by Gasteiger charge is -2.45. The summed E-state index contributed by atoms with van der Waals surface area (Å²) in [7, 11) is -3.76. The van der Waals surface area contributed by atoms with Gasteiger partial charge in [-0.3, -0.25) is 14.3 Å². The Balaban J connectivity index is 1.51. The van der Waals surface area contributed by atoms with Crippen LogP contribution in [0.25, 0.3) is 0 Å². The van der Waals surface area contributed by atoms with Crippen LogP contribution in [0, 0.1) is 17.8 Å². The average Bonchev–Trinajstić information content (AvgIpc) is 3.13. The minimum atomic E-state index is -3.76. The van der Waals surface area contributed by atoms with Gasteiger partial charge in [0.15, 0.2) is 9.92 Å². The van der Waals surface area contributed by atoms with Gasteiger partial charge in [-0.1, -0.05) is 43.7 Å². The van der Waals surface area contributed by atoms with E-state index in [0.717, 1.165) is 37.8 Å². The molecule has 1 unspecified atom stereocenters. The molecule has 11 heteroatoms. The van der Waals surface area contributed by atoms with Gasteiger partial charge in [0.1, 0.15) is 11.4 Å². The Morgan fingerprint density at radius 2 is 2.00 bits per heavy atom. The molecule has 2 bridgehead atoms. The van der Waals surface area contributed by atoms with Crippen LogP contribution in [-0.2, 0) is 36.1 Å². The van der Waals surface area contributed by atoms with E-state index >= 15 is 0 Å². The Morgan fingerprint density at radius 1 is 1.20 bits per heavy atom. The molecule has 1 saturated carbocycles. The summed E-state index contributed by atoms with van der Waals surface area (Å²) in [4.78, 5) is 29.0. The van der Waals surface area contributed by atoms with Crippen molar-refractivity contribution in [2.45, 2.75) is 81.8 Å². The number of ether oxygens (including phenoxy) is 2. The number of aliphatic hydroxyl groups is 1. The monoisotopic (exact) mass is 669 g/mol. The molecule has 2 aliphatic carbocycles. The van der Waals surface area contributed by atoms with Gasteiger partial charge in [-0.2, -0.15) is 0 Å². The number of anilines is 1. The van der Waals surface area contributed by atoms with E-state index in [9.17, 15) is 18.9 Å². The second kappa shape index (κ2) is 12.6. The predicted octanol–water partition coefficient (Wildman–Crippen LogP) is 5.61. The summed E-state index contributed by atoms with van der Waals surface area (Å²) in [6, 6.07) is 11.3. The molecule has 4 aliphatic rings. The second-order valence-corrected chi connectivity index (χ2v) is 16.4. The van der Waals surface area contributed by atoms with E-state index in [4.69, 9.17) is 21.1 Å². The van der Waals surface area contributed by atoms with E-state index in [0.29, 0.717) is 30.5 Å². The van der Waals surface area contributed by atoms with Crippen molar-refractivity contribution in [1.82, 2.24) is 4.72 Å². The number of amides is 2. The van der Waals surface area contributed by atoms with Crippen LogP contribution in [0.5, 0.6) is 5.75 Å². The van der Waals surface area contributed by atoms with Crippen molar-refractivity contribution >= 4 is 39.0 Å². The standard InChI is InChI=1S/C35H44ClN3O6S/c1-22(2)32(41)37-46(43)26-11-14-31-29(18-26)39(20-35(21-44-31)15-5-7-23-17-25(36)10-13-28(23)35)19-24-9-12-27(24)30(40)8-6-16-45-34(3,4)33(42)38-46/h6,8,10-11,13-14,17-18,22,24,27,30,40H,5,7,9,12,15-16,19-21H2,1-4H3,(H,37,38,41,42,43)/t24-,27+,30-,35-,46?/m0/s1. The van der Waals surface area contributed by atoms with Gasteiger partial charge in [-0.25, -0.2) is 4.21 Å². The number of carbonyl (C=O) groups is 2. The van der Waals surface area contributed by atoms with Gasteiger partial charge in [0.25, 0.3) is 5.91 Å². The molecule has 1 spiro atoms. The highest BCUT2D eigenvalue weighted by molar-refractivity contribution is 7.92. The lowest BCUT2D eigenvalue weighted by Crippen LogP contribution is -2.49. The smallest absolute Gasteiger partial charge is 0.287 e. The van der Waals surface area contributed by atoms with Crippen molar-refractivity contribution in [1.29, 1.82) is 0 Å². The van der Waals surface area contributed by atoms with E-state index < -0.39 is 39.4 Å². The zero-order chi connectivity index (χ0) is 32.9. The Kier molecular flexibility index (Phi) is 9.04. The third-order valence-electron chi connectivity index (χ3n) is 10.1. The second-order valence-electron chi connectivity index (χ2n) is 14.0. The third kappa shape index (κ3) is 6.33. The fraction of sp³-hybridized carbons (Fsp3) is 0.543. The molecule has 2 aromatic carbocycles. The maximum absolute atomic E-state index is 14.7. The lowest BCUT2D eigenvalue weighted by molar-refractivity contribution is -0.137. The Bertz CT molecular complexity index is 1680. The van der Waals surface area contributed by atoms with Gasteiger partial charge < -0.3 is 19.5 Å². The minimum Gasteiger partial charge on any atom is -0.490 e. The summed E-state index contributed by atoms with van der Waals surface area (Å²) < 4.78 is 33.9. The molecule has 2 aromatic rings. The zero-order valence-electron chi connectivity index (χ0n) is 27.0. The Hall–Kier alpha value is -2.92. The van der Waals surface area contributed by atoms with Crippen molar-refractivity contribution in [2.75, 3.05) is 31.2 Å². The summed E-state index contributed by atoms with van der Waals surface area (Å²) in [5, 5.41) is 11.9. The van der Waals surface area contributed by atoms with Gasteiger partial charge >= 0.3 is 0 Å². The predicted molar refractivity (Wildman–Crippen MR) is 178 cm³/mol. The van der Waals surface area contributed by atoms with E-state index in [-0.39, 0.29) is 28.8 Å². The number of nitrogens with zero attached hydrogens (tertiary/aromatic N) is 2. The van der Waals surface area contributed by atoms with Gasteiger partial charge in [-0.15, -0.1) is 4.36 Å². The maximum atomic E-state index is 14.7. The maximum Gasteiger partial charge on any atom is 0.287 e. The number of carbonyl (C=O) groups excluding carboxylic acids is 2. The highest BCUT2D eigenvalue weighted by Gasteiger charge is 2.44. The Labute approximate surface area is 277 Å². The molecule has 0 radical (unpaired) electrons. The molecule has 248 valence electrons. The van der Waals surface area contributed by atoms with Crippen LogP contribution in [0.2, 0.25) is 5.02 Å². The van der Waals surface area contributed by atoms with Crippen LogP contribution < -0.4 is 14.4 Å². The molecule has 2 aliphatic heterocycles. The van der Waals surface area contributed by atoms with Crippen molar-refractivity contribution in [3.8, 4) is 5.75 Å². The highest BCUT2D eigenvalue weighted by Crippen LogP contribution is 2.47. The fourth-order valence-electron chi connectivity index (χ4n) is 7.09. The summed E-state index contributed by atoms with van der Waals surface area (Å²) in [6.45, 7) is 8.31. The number of hydrogen-bond acceptors (Lipinski definition) is 7. The van der Waals surface area contributed by atoms with Crippen LogP contribution in [0.4, 0.5) is 5.69 Å². The average molecular weight is 670 g/mol. The quantitative estimate of drug-likeness (QED) is 0.400. The molecular formula is C35H44ClN3O6S. The molecule has 2 heterocycles. The number of aryl methyl sites for hydroxylation is 1. The van der Waals surface area contributed by atoms with Crippen LogP contribution in [-0.4, -0.2) is 59.1 Å². The number of fused-ring (bicyclic) bond motifs is 4. The SMILES string of the molecule is CC(C)C(=O)NS1(=O)=NC(=O)C(C)(C)OCC=C[C@H](O)[C@@H]2CC[C@H]2CN2C[C@@]3(CCCc4cc(Cl)ccc43)COc3ccc1cc32. The first-order valence-corrected chi connectivity index (χ1v) is 18.1. The number of halogens is 1. The number of rotatable bonds is 2. The first kappa shape index (κ1) is 33.0. The van der Waals surface area contributed by atoms with E-state index in [1.54, 1.807) is 58.0 Å². The molecule has 1 fully saturated rings. The van der Waals surface area contributed by atoms with Crippen molar-refractivity contribution < 1.29 is 28.4 Å². The van der Waals surface area contributed by atoms with Crippen LogP contribution in [0.15, 0.2) is 57.8 Å². The minimum absolute atomic E-state index is 0.0626. The van der Waals surface area contributed by atoms with Gasteiger partial charge in [0, 0.05) is 29.4 Å². The topological polar surface area (TPSA) is 118 Å². The van der Waals surface area contributed by atoms with Crippen LogP contribution in [0.1, 0.15) is 64.5 Å². The lowest BCUT2D eigenvalue weighted by atomic mass is 9.68. The van der Waals surface area contributed by atoms with Gasteiger partial charge in [0.2, 0.25) is 5.91 Å². The molecule has 6 rings (SSSR count). The van der Waals surface area contributed by atoms with E-state index in [2.05, 4.69) is 26.1 Å². The van der Waals surface area contributed by atoms with Crippen molar-refractivity contribution in [2.24, 2.45) is 22.1 Å². The number of benzene rings is 2. The summed E-state index contributed by atoms with van der Waals surface area (Å²) in [5.74, 6) is -0.829. The van der Waals surface area contributed by atoms with E-state index in [1.165, 1.54) is 11.1 Å². The fourth-order valence-corrected chi connectivity index (χ4v) is 9.04. The largest absolute Gasteiger partial charge is 0.490 e. The van der Waals surface area contributed by atoms with Gasteiger partial charge in [-0.05, 0) is 99.2 Å². The molecule has 2 N–H and O–H groups in total. The molecule has 9 nitrogen and oxygen atoms in total. The zero-order valence-corrected chi connectivity index (χ0v) is 28.5. The number of hydrogen-bond donors (Lipinski definition) is 2. The number of aliphatic hydroxyl groups excluding tert-OH is 1. The first-order valence-electron chi connectivity index (χ1n) is 16.2. The van der Waals surface area contributed by atoms with Crippen molar-refractivity contribution in [3.63, 3.8) is 0 Å². The molecule has 0 aromatic heterocycles. The molecule has 0 saturated heterocycles. The molecule has 2 amide bonds. The Morgan fingerprint density at radius 3 is 2.74 bits per heavy atom. The molecule has 5 atom stereocenters. The summed E-state index contributed by atoms with van der Waals surface area (Å²) in [5.41, 5.74) is 1.44. The molecular weight excluding hydrogens is 626 g/mol. The summed E-state index contributed by atoms with van der Waals surface area (Å²) >= 11 is 6.42. The van der Waals surface area contributed by atoms with Crippen LogP contribution in [0.3, 0.4) is 0 Å². The van der Waals surface area contributed by atoms with Gasteiger partial charge in [0.05, 0.1) is 29.9 Å². The summed E-state index contributed by atoms with van der Waals surface area (Å²) in [6.07, 6.45) is 7.56. The normalized spacial score (nSPS) is 30.7. The first-order chi connectivity index (χ1) is 21.8. The highest BCUT2D eigenvalue weighted by atomic mass is 35.5.